The van der Waals surface area contributed by atoms with Gasteiger partial charge in [-0.3, -0.25) is 0 Å². The summed E-state index contributed by atoms with van der Waals surface area (Å²) in [6.07, 6.45) is 6.77. The zero-order chi connectivity index (χ0) is 13.2. The third-order valence-electron chi connectivity index (χ3n) is 3.39. The second-order valence-electron chi connectivity index (χ2n) is 4.78. The molecule has 0 aromatic carbocycles. The Hall–Kier alpha value is -0.170. The number of hydrogen-bond donors (Lipinski definition) is 1. The normalized spacial score (nSPS) is 25.9. The van der Waals surface area contributed by atoms with Crippen LogP contribution >= 0.6 is 22.9 Å². The van der Waals surface area contributed by atoms with E-state index in [1.54, 1.807) is 0 Å². The molecule has 1 aromatic rings. The molecule has 2 unspecified atom stereocenters. The summed E-state index contributed by atoms with van der Waals surface area (Å²) in [5.74, 6) is 0.380. The first kappa shape index (κ1) is 14.2. The largest absolute Gasteiger partial charge is 0.251 e. The van der Waals surface area contributed by atoms with Gasteiger partial charge in [0.1, 0.15) is 0 Å². The van der Waals surface area contributed by atoms with E-state index in [9.17, 15) is 8.42 Å². The summed E-state index contributed by atoms with van der Waals surface area (Å²) in [4.78, 5) is 3.78. The van der Waals surface area contributed by atoms with Crippen LogP contribution < -0.4 is 4.72 Å². The Morgan fingerprint density at radius 1 is 1.39 bits per heavy atom. The fraction of sp³-hybridized carbons (Fsp3) is 0.727. The van der Waals surface area contributed by atoms with Gasteiger partial charge in [0.2, 0.25) is 0 Å². The lowest BCUT2D eigenvalue weighted by atomic mass is 9.98. The van der Waals surface area contributed by atoms with Crippen LogP contribution in [0, 0.1) is 5.92 Å². The van der Waals surface area contributed by atoms with Gasteiger partial charge in [0.05, 0.1) is 6.20 Å². The minimum Gasteiger partial charge on any atom is -0.232 e. The molecule has 1 heterocycles. The predicted molar refractivity (Wildman–Crippen MR) is 73.5 cm³/mol. The number of sulfonamides is 1. The van der Waals surface area contributed by atoms with Gasteiger partial charge < -0.3 is 0 Å². The van der Waals surface area contributed by atoms with Crippen LogP contribution in [0.3, 0.4) is 0 Å². The van der Waals surface area contributed by atoms with Gasteiger partial charge in [-0.15, -0.1) is 0 Å². The van der Waals surface area contributed by atoms with Crippen molar-refractivity contribution in [1.82, 2.24) is 9.71 Å². The van der Waals surface area contributed by atoms with Crippen molar-refractivity contribution < 1.29 is 8.42 Å². The molecule has 18 heavy (non-hydrogen) atoms. The molecular formula is C11H17ClN2O2S2. The van der Waals surface area contributed by atoms with E-state index in [-0.39, 0.29) is 14.7 Å². The molecule has 1 aromatic heterocycles. The van der Waals surface area contributed by atoms with Crippen LogP contribution in [0.1, 0.15) is 39.0 Å². The molecule has 1 aliphatic rings. The number of hydrogen-bond acceptors (Lipinski definition) is 4. The topological polar surface area (TPSA) is 59.1 Å². The fourth-order valence-electron chi connectivity index (χ4n) is 2.29. The van der Waals surface area contributed by atoms with Crippen LogP contribution in [0.4, 0.5) is 0 Å². The molecule has 1 N–H and O–H groups in total. The highest BCUT2D eigenvalue weighted by molar-refractivity contribution is 7.91. The molecular weight excluding hydrogens is 292 g/mol. The summed E-state index contributed by atoms with van der Waals surface area (Å²) in [5.41, 5.74) is 0. The lowest BCUT2D eigenvalue weighted by molar-refractivity contribution is 0.400. The molecule has 1 aliphatic carbocycles. The summed E-state index contributed by atoms with van der Waals surface area (Å²) in [7, 11) is -3.47. The van der Waals surface area contributed by atoms with E-state index in [1.165, 1.54) is 19.0 Å². The lowest BCUT2D eigenvalue weighted by Gasteiger charge is -2.21. The van der Waals surface area contributed by atoms with Crippen LogP contribution in [0.5, 0.6) is 0 Å². The first-order valence-corrected chi connectivity index (χ1v) is 8.80. The summed E-state index contributed by atoms with van der Waals surface area (Å²) < 4.78 is 27.6. The van der Waals surface area contributed by atoms with Crippen LogP contribution in [0.25, 0.3) is 0 Å². The Morgan fingerprint density at radius 3 is 2.78 bits per heavy atom. The monoisotopic (exact) mass is 308 g/mol. The molecule has 7 heteroatoms. The van der Waals surface area contributed by atoms with Gasteiger partial charge in [-0.25, -0.2) is 18.1 Å². The molecule has 1 fully saturated rings. The number of nitrogens with zero attached hydrogens (tertiary/aromatic N) is 1. The lowest BCUT2D eigenvalue weighted by Crippen LogP contribution is -2.38. The van der Waals surface area contributed by atoms with Crippen molar-refractivity contribution in [2.75, 3.05) is 0 Å². The van der Waals surface area contributed by atoms with Gasteiger partial charge in [0, 0.05) is 6.04 Å². The third-order valence-corrected chi connectivity index (χ3v) is 6.46. The zero-order valence-electron chi connectivity index (χ0n) is 10.2. The van der Waals surface area contributed by atoms with Crippen LogP contribution in [-0.4, -0.2) is 19.4 Å². The number of rotatable bonds is 3. The fourth-order valence-corrected chi connectivity index (χ4v) is 4.98. The van der Waals surface area contributed by atoms with Crippen LogP contribution in [0.2, 0.25) is 4.47 Å². The van der Waals surface area contributed by atoms with E-state index in [4.69, 9.17) is 11.6 Å². The maximum atomic E-state index is 12.2. The molecule has 0 bridgehead atoms. The van der Waals surface area contributed by atoms with E-state index < -0.39 is 10.0 Å². The second-order valence-corrected chi connectivity index (χ2v) is 8.33. The SMILES string of the molecule is CC1CCCCCC1NS(=O)(=O)c1cnc(Cl)s1. The molecule has 0 spiro atoms. The Bertz CT molecular complexity index is 501. The van der Waals surface area contributed by atoms with Gasteiger partial charge in [-0.05, 0) is 18.8 Å². The molecule has 102 valence electrons. The first-order valence-electron chi connectivity index (χ1n) is 6.13. The van der Waals surface area contributed by atoms with E-state index in [0.29, 0.717) is 5.92 Å². The summed E-state index contributed by atoms with van der Waals surface area (Å²) in [6.45, 7) is 2.11. The van der Waals surface area contributed by atoms with Gasteiger partial charge in [0.25, 0.3) is 10.0 Å². The second kappa shape index (κ2) is 5.86. The Morgan fingerprint density at radius 2 is 2.11 bits per heavy atom. The van der Waals surface area contributed by atoms with E-state index >= 15 is 0 Å². The van der Waals surface area contributed by atoms with Crippen molar-refractivity contribution in [3.8, 4) is 0 Å². The van der Waals surface area contributed by atoms with Crippen molar-refractivity contribution in [3.63, 3.8) is 0 Å². The minimum atomic E-state index is -3.47. The molecule has 0 saturated heterocycles. The standard InChI is InChI=1S/C11H17ClN2O2S2/c1-8-5-3-2-4-6-9(8)14-18(15,16)10-7-13-11(12)17-10/h7-9,14H,2-6H2,1H3. The quantitative estimate of drug-likeness (QED) is 0.873. The molecule has 4 nitrogen and oxygen atoms in total. The van der Waals surface area contributed by atoms with Gasteiger partial charge >= 0.3 is 0 Å². The average Bonchev–Trinajstić information content (AvgIpc) is 2.65. The maximum Gasteiger partial charge on any atom is 0.251 e. The van der Waals surface area contributed by atoms with Crippen molar-refractivity contribution in [2.45, 2.75) is 49.3 Å². The number of thiazole rings is 1. The number of aromatic nitrogens is 1. The molecule has 0 amide bonds. The maximum absolute atomic E-state index is 12.2. The minimum absolute atomic E-state index is 0.0263. The van der Waals surface area contributed by atoms with Crippen molar-refractivity contribution in [3.05, 3.63) is 10.7 Å². The van der Waals surface area contributed by atoms with Crippen LogP contribution in [0.15, 0.2) is 10.4 Å². The Balaban J connectivity index is 2.11. The summed E-state index contributed by atoms with van der Waals surface area (Å²) in [6, 6.07) is 0.0263. The molecule has 2 atom stereocenters. The highest BCUT2D eigenvalue weighted by atomic mass is 35.5. The van der Waals surface area contributed by atoms with Gasteiger partial charge in [-0.2, -0.15) is 0 Å². The smallest absolute Gasteiger partial charge is 0.232 e. The Labute approximate surface area is 117 Å². The molecule has 0 radical (unpaired) electrons. The summed E-state index contributed by atoms with van der Waals surface area (Å²) in [5, 5.41) is 0. The Kier molecular flexibility index (Phi) is 4.64. The van der Waals surface area contributed by atoms with Crippen molar-refractivity contribution in [1.29, 1.82) is 0 Å². The molecule has 1 saturated carbocycles. The predicted octanol–water partition coefficient (Wildman–Crippen LogP) is 3.04. The first-order chi connectivity index (χ1) is 8.49. The van der Waals surface area contributed by atoms with Gasteiger partial charge in [0.15, 0.2) is 8.68 Å². The third kappa shape index (κ3) is 3.44. The van der Waals surface area contributed by atoms with Gasteiger partial charge in [-0.1, -0.05) is 49.1 Å². The van der Waals surface area contributed by atoms with E-state index in [2.05, 4.69) is 16.6 Å². The van der Waals surface area contributed by atoms with E-state index in [0.717, 1.165) is 30.6 Å². The number of halogens is 1. The zero-order valence-corrected chi connectivity index (χ0v) is 12.6. The highest BCUT2D eigenvalue weighted by Crippen LogP contribution is 2.27. The summed E-state index contributed by atoms with van der Waals surface area (Å²) >= 11 is 6.67. The van der Waals surface area contributed by atoms with E-state index in [1.807, 2.05) is 0 Å². The molecule has 0 aliphatic heterocycles. The highest BCUT2D eigenvalue weighted by Gasteiger charge is 2.26. The van der Waals surface area contributed by atoms with Crippen molar-refractivity contribution in [2.24, 2.45) is 5.92 Å². The molecule has 2 rings (SSSR count). The average molecular weight is 309 g/mol. The van der Waals surface area contributed by atoms with Crippen LogP contribution in [-0.2, 0) is 10.0 Å². The number of nitrogens with one attached hydrogen (secondary N) is 1. The van der Waals surface area contributed by atoms with Crippen molar-refractivity contribution >= 4 is 33.0 Å².